The molecule has 0 fully saturated rings. The molecule has 0 aliphatic carbocycles. The van der Waals surface area contributed by atoms with Gasteiger partial charge >= 0.3 is 0 Å². The Morgan fingerprint density at radius 1 is 1.32 bits per heavy atom. The minimum absolute atomic E-state index is 0.237. The Morgan fingerprint density at radius 2 is 2.21 bits per heavy atom. The Labute approximate surface area is 116 Å². The molecule has 2 N–H and O–H groups in total. The van der Waals surface area contributed by atoms with Gasteiger partial charge in [0, 0.05) is 25.7 Å². The second kappa shape index (κ2) is 7.51. The van der Waals surface area contributed by atoms with Crippen molar-refractivity contribution >= 4 is 0 Å². The van der Waals surface area contributed by atoms with E-state index in [4.69, 9.17) is 15.2 Å². The van der Waals surface area contributed by atoms with E-state index in [0.717, 1.165) is 57.7 Å². The average Bonchev–Trinajstić information content (AvgIpc) is 2.89. The molecular weight excluding hydrogens is 238 g/mol. The SMILES string of the molecule is CCCOCCC(N)CCc1ccc2c(c1)CCO2. The van der Waals surface area contributed by atoms with Gasteiger partial charge in [-0.25, -0.2) is 0 Å². The molecule has 0 saturated heterocycles. The van der Waals surface area contributed by atoms with E-state index in [1.54, 1.807) is 0 Å². The second-order valence-corrected chi connectivity index (χ2v) is 5.24. The van der Waals surface area contributed by atoms with Gasteiger partial charge in [0.1, 0.15) is 5.75 Å². The Balaban J connectivity index is 1.70. The zero-order valence-corrected chi connectivity index (χ0v) is 11.9. The number of aryl methyl sites for hydroxylation is 1. The molecule has 1 heterocycles. The third-order valence-corrected chi connectivity index (χ3v) is 3.54. The van der Waals surface area contributed by atoms with E-state index < -0.39 is 0 Å². The fourth-order valence-corrected chi connectivity index (χ4v) is 2.37. The zero-order valence-electron chi connectivity index (χ0n) is 11.9. The van der Waals surface area contributed by atoms with Crippen molar-refractivity contribution in [2.45, 2.75) is 45.1 Å². The molecule has 3 nitrogen and oxygen atoms in total. The molecule has 0 radical (unpaired) electrons. The van der Waals surface area contributed by atoms with Gasteiger partial charge in [-0.15, -0.1) is 0 Å². The summed E-state index contributed by atoms with van der Waals surface area (Å²) in [6, 6.07) is 6.75. The van der Waals surface area contributed by atoms with Crippen molar-refractivity contribution in [3.63, 3.8) is 0 Å². The monoisotopic (exact) mass is 263 g/mol. The van der Waals surface area contributed by atoms with Crippen LogP contribution in [0.4, 0.5) is 0 Å². The lowest BCUT2D eigenvalue weighted by atomic mass is 10.0. The summed E-state index contributed by atoms with van der Waals surface area (Å²) in [5.41, 5.74) is 8.83. The van der Waals surface area contributed by atoms with Crippen LogP contribution in [0.25, 0.3) is 0 Å². The van der Waals surface area contributed by atoms with Gasteiger partial charge in [-0.05, 0) is 42.9 Å². The van der Waals surface area contributed by atoms with Gasteiger partial charge in [-0.2, -0.15) is 0 Å². The number of benzene rings is 1. The normalized spacial score (nSPS) is 15.1. The predicted molar refractivity (Wildman–Crippen MR) is 77.7 cm³/mol. The van der Waals surface area contributed by atoms with Crippen molar-refractivity contribution in [1.29, 1.82) is 0 Å². The predicted octanol–water partition coefficient (Wildman–Crippen LogP) is 2.70. The van der Waals surface area contributed by atoms with Gasteiger partial charge in [-0.3, -0.25) is 0 Å². The molecule has 0 bridgehead atoms. The standard InChI is InChI=1S/C16H25NO2/c1-2-9-18-10-8-15(17)5-3-13-4-6-16-14(12-13)7-11-19-16/h4,6,12,15H,2-3,5,7-11,17H2,1H3. The molecule has 3 heteroatoms. The largest absolute Gasteiger partial charge is 0.493 e. The van der Waals surface area contributed by atoms with Gasteiger partial charge in [0.15, 0.2) is 0 Å². The maximum Gasteiger partial charge on any atom is 0.122 e. The summed E-state index contributed by atoms with van der Waals surface area (Å²) in [7, 11) is 0. The van der Waals surface area contributed by atoms with Crippen LogP contribution in [0.2, 0.25) is 0 Å². The maximum atomic E-state index is 6.11. The lowest BCUT2D eigenvalue weighted by molar-refractivity contribution is 0.127. The van der Waals surface area contributed by atoms with Crippen molar-refractivity contribution in [2.24, 2.45) is 5.73 Å². The number of ether oxygens (including phenoxy) is 2. The minimum atomic E-state index is 0.237. The lowest BCUT2D eigenvalue weighted by Crippen LogP contribution is -2.22. The van der Waals surface area contributed by atoms with Gasteiger partial charge in [0.05, 0.1) is 6.61 Å². The Kier molecular flexibility index (Phi) is 5.67. The van der Waals surface area contributed by atoms with Crippen molar-refractivity contribution in [3.8, 4) is 5.75 Å². The van der Waals surface area contributed by atoms with Gasteiger partial charge < -0.3 is 15.2 Å². The molecule has 1 unspecified atom stereocenters. The lowest BCUT2D eigenvalue weighted by Gasteiger charge is -2.12. The van der Waals surface area contributed by atoms with Crippen LogP contribution in [0, 0.1) is 0 Å². The summed E-state index contributed by atoms with van der Waals surface area (Å²) < 4.78 is 11.0. The number of fused-ring (bicyclic) bond motifs is 1. The third kappa shape index (κ3) is 4.51. The molecule has 2 rings (SSSR count). The van der Waals surface area contributed by atoms with Crippen molar-refractivity contribution in [3.05, 3.63) is 29.3 Å². The molecule has 0 saturated carbocycles. The highest BCUT2D eigenvalue weighted by Crippen LogP contribution is 2.26. The molecule has 1 aliphatic heterocycles. The van der Waals surface area contributed by atoms with E-state index in [2.05, 4.69) is 25.1 Å². The van der Waals surface area contributed by atoms with E-state index in [1.165, 1.54) is 11.1 Å². The van der Waals surface area contributed by atoms with Crippen molar-refractivity contribution < 1.29 is 9.47 Å². The van der Waals surface area contributed by atoms with Crippen LogP contribution >= 0.6 is 0 Å². The highest BCUT2D eigenvalue weighted by molar-refractivity contribution is 5.39. The number of rotatable bonds is 8. The van der Waals surface area contributed by atoms with Crippen LogP contribution in [-0.4, -0.2) is 25.9 Å². The highest BCUT2D eigenvalue weighted by atomic mass is 16.5. The number of nitrogens with two attached hydrogens (primary N) is 1. The summed E-state index contributed by atoms with van der Waals surface area (Å²) in [6.45, 7) is 4.58. The summed E-state index contributed by atoms with van der Waals surface area (Å²) in [4.78, 5) is 0. The summed E-state index contributed by atoms with van der Waals surface area (Å²) >= 11 is 0. The Hall–Kier alpha value is -1.06. The van der Waals surface area contributed by atoms with E-state index >= 15 is 0 Å². The second-order valence-electron chi connectivity index (χ2n) is 5.24. The van der Waals surface area contributed by atoms with E-state index in [1.807, 2.05) is 0 Å². The Morgan fingerprint density at radius 3 is 3.05 bits per heavy atom. The highest BCUT2D eigenvalue weighted by Gasteiger charge is 2.12. The molecular formula is C16H25NO2. The molecule has 1 aliphatic rings. The zero-order chi connectivity index (χ0) is 13.5. The van der Waals surface area contributed by atoms with Gasteiger partial charge in [0.25, 0.3) is 0 Å². The van der Waals surface area contributed by atoms with E-state index in [0.29, 0.717) is 0 Å². The fraction of sp³-hybridized carbons (Fsp3) is 0.625. The van der Waals surface area contributed by atoms with Crippen molar-refractivity contribution in [1.82, 2.24) is 0 Å². The van der Waals surface area contributed by atoms with E-state index in [9.17, 15) is 0 Å². The maximum absolute atomic E-state index is 6.11. The smallest absolute Gasteiger partial charge is 0.122 e. The topological polar surface area (TPSA) is 44.5 Å². The molecule has 106 valence electrons. The van der Waals surface area contributed by atoms with Crippen LogP contribution < -0.4 is 10.5 Å². The van der Waals surface area contributed by atoms with Crippen LogP contribution in [-0.2, 0) is 17.6 Å². The quantitative estimate of drug-likeness (QED) is 0.733. The first-order valence-electron chi connectivity index (χ1n) is 7.37. The third-order valence-electron chi connectivity index (χ3n) is 3.54. The molecule has 0 aromatic heterocycles. The molecule has 1 atom stereocenters. The molecule has 0 spiro atoms. The first-order chi connectivity index (χ1) is 9.29. The minimum Gasteiger partial charge on any atom is -0.493 e. The molecule has 19 heavy (non-hydrogen) atoms. The van der Waals surface area contributed by atoms with Gasteiger partial charge in [0.2, 0.25) is 0 Å². The summed E-state index contributed by atoms with van der Waals surface area (Å²) in [6.07, 6.45) is 5.14. The summed E-state index contributed by atoms with van der Waals surface area (Å²) in [5.74, 6) is 1.06. The van der Waals surface area contributed by atoms with E-state index in [-0.39, 0.29) is 6.04 Å². The first kappa shape index (κ1) is 14.4. The van der Waals surface area contributed by atoms with Crippen LogP contribution in [0.5, 0.6) is 5.75 Å². The number of hydrogen-bond donors (Lipinski definition) is 1. The molecule has 1 aromatic carbocycles. The average molecular weight is 263 g/mol. The molecule has 1 aromatic rings. The van der Waals surface area contributed by atoms with Crippen molar-refractivity contribution in [2.75, 3.05) is 19.8 Å². The van der Waals surface area contributed by atoms with Gasteiger partial charge in [-0.1, -0.05) is 19.1 Å². The van der Waals surface area contributed by atoms with Crippen LogP contribution in [0.15, 0.2) is 18.2 Å². The van der Waals surface area contributed by atoms with Crippen LogP contribution in [0.1, 0.15) is 37.3 Å². The first-order valence-corrected chi connectivity index (χ1v) is 7.37. The number of hydrogen-bond acceptors (Lipinski definition) is 3. The molecule has 0 amide bonds. The van der Waals surface area contributed by atoms with Crippen LogP contribution in [0.3, 0.4) is 0 Å². The fourth-order valence-electron chi connectivity index (χ4n) is 2.37. The summed E-state index contributed by atoms with van der Waals surface area (Å²) in [5, 5.41) is 0. The Bertz CT molecular complexity index is 392.